The Morgan fingerprint density at radius 2 is 2.00 bits per heavy atom. The summed E-state index contributed by atoms with van der Waals surface area (Å²) in [5.41, 5.74) is 1.10. The molecule has 0 aliphatic carbocycles. The third kappa shape index (κ3) is 3.47. The van der Waals surface area contributed by atoms with Gasteiger partial charge in [0.2, 0.25) is 5.16 Å². The molecule has 2 aromatic heterocycles. The van der Waals surface area contributed by atoms with Gasteiger partial charge in [0.25, 0.3) is 5.69 Å². The van der Waals surface area contributed by atoms with Crippen molar-refractivity contribution in [1.82, 2.24) is 20.2 Å². The van der Waals surface area contributed by atoms with E-state index in [1.54, 1.807) is 6.07 Å². The second kappa shape index (κ2) is 6.35. The average molecular weight is 313 g/mol. The molecule has 3 rings (SSSR count). The molecular weight excluding hydrogens is 302 g/mol. The summed E-state index contributed by atoms with van der Waals surface area (Å²) >= 11 is 1.25. The molecule has 110 valence electrons. The van der Waals surface area contributed by atoms with Crippen LogP contribution in [-0.4, -0.2) is 25.1 Å². The van der Waals surface area contributed by atoms with E-state index >= 15 is 0 Å². The van der Waals surface area contributed by atoms with Crippen molar-refractivity contribution in [2.24, 2.45) is 0 Å². The second-order valence-corrected chi connectivity index (χ2v) is 5.43. The standard InChI is InChI=1S/C14H11N5O2S/c20-19(21)11-6-7-13(15-9-11)22-14-16-12(17-18-14)8-10-4-2-1-3-5-10/h1-7,9H,8H2,(H,16,17,18). The Hall–Kier alpha value is -2.74. The van der Waals surface area contributed by atoms with Crippen molar-refractivity contribution in [3.8, 4) is 0 Å². The van der Waals surface area contributed by atoms with Gasteiger partial charge in [-0.25, -0.2) is 9.97 Å². The first-order chi connectivity index (χ1) is 10.7. The number of pyridine rings is 1. The van der Waals surface area contributed by atoms with Crippen molar-refractivity contribution in [1.29, 1.82) is 0 Å². The Bertz CT molecular complexity index is 773. The van der Waals surface area contributed by atoms with Gasteiger partial charge >= 0.3 is 0 Å². The van der Waals surface area contributed by atoms with Crippen LogP contribution in [-0.2, 0) is 6.42 Å². The zero-order valence-corrected chi connectivity index (χ0v) is 12.2. The lowest BCUT2D eigenvalue weighted by Gasteiger charge is -1.96. The molecule has 1 aromatic carbocycles. The maximum absolute atomic E-state index is 10.6. The van der Waals surface area contributed by atoms with Gasteiger partial charge in [0.1, 0.15) is 17.0 Å². The van der Waals surface area contributed by atoms with Crippen molar-refractivity contribution < 1.29 is 4.92 Å². The van der Waals surface area contributed by atoms with Gasteiger partial charge < -0.3 is 0 Å². The smallest absolute Gasteiger partial charge is 0.262 e. The largest absolute Gasteiger partial charge is 0.287 e. The number of hydrogen-bond acceptors (Lipinski definition) is 6. The highest BCUT2D eigenvalue weighted by Gasteiger charge is 2.09. The van der Waals surface area contributed by atoms with Crippen LogP contribution in [0.1, 0.15) is 11.4 Å². The molecule has 8 heteroatoms. The van der Waals surface area contributed by atoms with Crippen LogP contribution in [0.25, 0.3) is 0 Å². The van der Waals surface area contributed by atoms with Crippen molar-refractivity contribution in [3.05, 3.63) is 70.2 Å². The molecule has 3 aromatic rings. The van der Waals surface area contributed by atoms with Gasteiger partial charge in [-0.15, -0.1) is 5.10 Å². The van der Waals surface area contributed by atoms with Gasteiger partial charge in [0.15, 0.2) is 0 Å². The summed E-state index contributed by atoms with van der Waals surface area (Å²) in [7, 11) is 0. The van der Waals surface area contributed by atoms with Crippen LogP contribution in [0.5, 0.6) is 0 Å². The lowest BCUT2D eigenvalue weighted by atomic mass is 10.1. The quantitative estimate of drug-likeness (QED) is 0.574. The van der Waals surface area contributed by atoms with Crippen LogP contribution < -0.4 is 0 Å². The van der Waals surface area contributed by atoms with Crippen LogP contribution in [0.4, 0.5) is 5.69 Å². The highest BCUT2D eigenvalue weighted by molar-refractivity contribution is 7.99. The van der Waals surface area contributed by atoms with E-state index in [0.29, 0.717) is 16.6 Å². The van der Waals surface area contributed by atoms with E-state index in [1.807, 2.05) is 30.3 Å². The molecule has 22 heavy (non-hydrogen) atoms. The topological polar surface area (TPSA) is 97.6 Å². The molecule has 0 fully saturated rings. The molecule has 0 atom stereocenters. The van der Waals surface area contributed by atoms with E-state index < -0.39 is 4.92 Å². The van der Waals surface area contributed by atoms with E-state index in [0.717, 1.165) is 11.4 Å². The molecule has 2 heterocycles. The Morgan fingerprint density at radius 3 is 2.68 bits per heavy atom. The van der Waals surface area contributed by atoms with E-state index in [9.17, 15) is 10.1 Å². The number of benzene rings is 1. The molecule has 1 N–H and O–H groups in total. The van der Waals surface area contributed by atoms with Crippen LogP contribution in [0, 0.1) is 10.1 Å². The predicted molar refractivity (Wildman–Crippen MR) is 80.6 cm³/mol. The van der Waals surface area contributed by atoms with E-state index in [4.69, 9.17) is 0 Å². The fourth-order valence-electron chi connectivity index (χ4n) is 1.83. The van der Waals surface area contributed by atoms with Crippen molar-refractivity contribution in [2.75, 3.05) is 0 Å². The summed E-state index contributed by atoms with van der Waals surface area (Å²) in [5.74, 6) is 0.760. The summed E-state index contributed by atoms with van der Waals surface area (Å²) in [6, 6.07) is 12.9. The lowest BCUT2D eigenvalue weighted by Crippen LogP contribution is -1.90. The van der Waals surface area contributed by atoms with Gasteiger partial charge in [-0.2, -0.15) is 0 Å². The highest BCUT2D eigenvalue weighted by atomic mass is 32.2. The van der Waals surface area contributed by atoms with Gasteiger partial charge in [-0.05, 0) is 23.4 Å². The monoisotopic (exact) mass is 313 g/mol. The van der Waals surface area contributed by atoms with Crippen LogP contribution in [0.15, 0.2) is 58.8 Å². The van der Waals surface area contributed by atoms with Gasteiger partial charge in [-0.3, -0.25) is 15.2 Å². The molecule has 0 aliphatic heterocycles. The number of nitrogens with one attached hydrogen (secondary N) is 1. The summed E-state index contributed by atoms with van der Waals surface area (Å²) < 4.78 is 0. The number of aromatic nitrogens is 4. The third-order valence-corrected chi connectivity index (χ3v) is 3.67. The minimum absolute atomic E-state index is 0.0379. The Labute approximate surface area is 130 Å². The molecular formula is C14H11N5O2S. The summed E-state index contributed by atoms with van der Waals surface area (Å²) in [6.45, 7) is 0. The molecule has 0 spiro atoms. The first kappa shape index (κ1) is 14.2. The summed E-state index contributed by atoms with van der Waals surface area (Å²) in [4.78, 5) is 18.5. The fraction of sp³-hybridized carbons (Fsp3) is 0.0714. The average Bonchev–Trinajstić information content (AvgIpc) is 2.96. The number of nitrogens with zero attached hydrogens (tertiary/aromatic N) is 4. The summed E-state index contributed by atoms with van der Waals surface area (Å²) in [6.07, 6.45) is 1.89. The fourth-order valence-corrected chi connectivity index (χ4v) is 2.50. The van der Waals surface area contributed by atoms with Crippen molar-refractivity contribution in [3.63, 3.8) is 0 Å². The molecule has 0 unspecified atom stereocenters. The minimum atomic E-state index is -0.480. The molecule has 0 aliphatic rings. The minimum Gasteiger partial charge on any atom is -0.262 e. The number of hydrogen-bond donors (Lipinski definition) is 1. The number of aromatic amines is 1. The van der Waals surface area contributed by atoms with E-state index in [2.05, 4.69) is 20.2 Å². The van der Waals surface area contributed by atoms with Crippen LogP contribution >= 0.6 is 11.8 Å². The highest BCUT2D eigenvalue weighted by Crippen LogP contribution is 2.24. The molecule has 7 nitrogen and oxygen atoms in total. The Balaban J connectivity index is 1.67. The number of rotatable bonds is 5. The van der Waals surface area contributed by atoms with Crippen LogP contribution in [0.3, 0.4) is 0 Å². The molecule has 0 saturated carbocycles. The lowest BCUT2D eigenvalue weighted by molar-refractivity contribution is -0.385. The van der Waals surface area contributed by atoms with Crippen LogP contribution in [0.2, 0.25) is 0 Å². The normalized spacial score (nSPS) is 10.5. The Kier molecular flexibility index (Phi) is 4.10. The predicted octanol–water partition coefficient (Wildman–Crippen LogP) is 2.85. The first-order valence-corrected chi connectivity index (χ1v) is 7.26. The first-order valence-electron chi connectivity index (χ1n) is 6.44. The Morgan fingerprint density at radius 1 is 1.18 bits per heavy atom. The van der Waals surface area contributed by atoms with E-state index in [-0.39, 0.29) is 5.69 Å². The summed E-state index contributed by atoms with van der Waals surface area (Å²) in [5, 5.41) is 18.7. The van der Waals surface area contributed by atoms with Gasteiger partial charge in [0, 0.05) is 12.5 Å². The zero-order chi connectivity index (χ0) is 15.4. The SMILES string of the molecule is O=[N+]([O-])c1ccc(Sc2n[nH]c(Cc3ccccc3)n2)nc1. The van der Waals surface area contributed by atoms with E-state index in [1.165, 1.54) is 24.0 Å². The molecule has 0 saturated heterocycles. The zero-order valence-electron chi connectivity index (χ0n) is 11.3. The molecule has 0 amide bonds. The van der Waals surface area contributed by atoms with Crippen molar-refractivity contribution >= 4 is 17.4 Å². The number of nitro groups is 1. The second-order valence-electron chi connectivity index (χ2n) is 4.44. The number of H-pyrrole nitrogens is 1. The van der Waals surface area contributed by atoms with Gasteiger partial charge in [-0.1, -0.05) is 30.3 Å². The van der Waals surface area contributed by atoms with Gasteiger partial charge in [0.05, 0.1) is 4.92 Å². The maximum atomic E-state index is 10.6. The van der Waals surface area contributed by atoms with Crippen molar-refractivity contribution in [2.45, 2.75) is 16.6 Å². The molecule has 0 bridgehead atoms. The third-order valence-electron chi connectivity index (χ3n) is 2.85. The maximum Gasteiger partial charge on any atom is 0.287 e. The molecule has 0 radical (unpaired) electrons.